The van der Waals surface area contributed by atoms with Gasteiger partial charge in [-0.1, -0.05) is 6.92 Å². The summed E-state index contributed by atoms with van der Waals surface area (Å²) in [5.41, 5.74) is 0.0657. The normalized spacial score (nSPS) is 24.2. The van der Waals surface area contributed by atoms with E-state index in [1.165, 1.54) is 12.8 Å². The van der Waals surface area contributed by atoms with E-state index in [1.807, 2.05) is 0 Å². The standard InChI is InChI=1S/C12H20N4O/c1-12(4-6-13-7-5-12)10-14-11(15-17-10)16-8-2-3-9-16/h13H,2-9H2,1H3. The van der Waals surface area contributed by atoms with Crippen molar-refractivity contribution >= 4 is 5.95 Å². The first-order chi connectivity index (χ1) is 8.28. The third-order valence-corrected chi connectivity index (χ3v) is 4.03. The smallest absolute Gasteiger partial charge is 0.266 e. The van der Waals surface area contributed by atoms with E-state index in [0.717, 1.165) is 50.9 Å². The molecule has 2 fully saturated rings. The van der Waals surface area contributed by atoms with Crippen LogP contribution in [0, 0.1) is 0 Å². The molecular weight excluding hydrogens is 216 g/mol. The summed E-state index contributed by atoms with van der Waals surface area (Å²) in [4.78, 5) is 6.83. The van der Waals surface area contributed by atoms with Crippen molar-refractivity contribution in [3.05, 3.63) is 5.89 Å². The van der Waals surface area contributed by atoms with Gasteiger partial charge in [-0.3, -0.25) is 0 Å². The molecule has 0 aromatic carbocycles. The first-order valence-corrected chi connectivity index (χ1v) is 6.58. The molecule has 2 aliphatic rings. The summed E-state index contributed by atoms with van der Waals surface area (Å²) < 4.78 is 5.49. The van der Waals surface area contributed by atoms with Crippen LogP contribution in [0.3, 0.4) is 0 Å². The predicted molar refractivity (Wildman–Crippen MR) is 65.2 cm³/mol. The van der Waals surface area contributed by atoms with Crippen molar-refractivity contribution in [2.45, 2.75) is 38.0 Å². The predicted octanol–water partition coefficient (Wildman–Crippen LogP) is 1.31. The monoisotopic (exact) mass is 236 g/mol. The second-order valence-electron chi connectivity index (χ2n) is 5.40. The molecule has 5 heteroatoms. The molecule has 0 amide bonds. The fourth-order valence-corrected chi connectivity index (χ4v) is 2.70. The Kier molecular flexibility index (Phi) is 2.78. The van der Waals surface area contributed by atoms with Crippen molar-refractivity contribution in [1.82, 2.24) is 15.5 Å². The molecular formula is C12H20N4O. The van der Waals surface area contributed by atoms with Crippen LogP contribution >= 0.6 is 0 Å². The van der Waals surface area contributed by atoms with Gasteiger partial charge in [0.2, 0.25) is 5.89 Å². The van der Waals surface area contributed by atoms with E-state index in [4.69, 9.17) is 4.52 Å². The number of hydrogen-bond donors (Lipinski definition) is 1. The molecule has 1 N–H and O–H groups in total. The highest BCUT2D eigenvalue weighted by molar-refractivity contribution is 5.30. The van der Waals surface area contributed by atoms with Crippen LogP contribution < -0.4 is 10.2 Å². The van der Waals surface area contributed by atoms with Gasteiger partial charge >= 0.3 is 0 Å². The Bertz CT molecular complexity index is 378. The highest BCUT2D eigenvalue weighted by Gasteiger charge is 2.35. The van der Waals surface area contributed by atoms with Crippen LogP contribution in [0.25, 0.3) is 0 Å². The molecule has 0 atom stereocenters. The minimum atomic E-state index is 0.0657. The molecule has 5 nitrogen and oxygen atoms in total. The van der Waals surface area contributed by atoms with Gasteiger partial charge in [-0.2, -0.15) is 4.98 Å². The molecule has 0 spiro atoms. The van der Waals surface area contributed by atoms with Crippen LogP contribution in [0.2, 0.25) is 0 Å². The third kappa shape index (κ3) is 2.04. The largest absolute Gasteiger partial charge is 0.338 e. The van der Waals surface area contributed by atoms with Crippen molar-refractivity contribution in [2.24, 2.45) is 0 Å². The summed E-state index contributed by atoms with van der Waals surface area (Å²) >= 11 is 0. The van der Waals surface area contributed by atoms with Gasteiger partial charge in [0.15, 0.2) is 0 Å². The molecule has 0 radical (unpaired) electrons. The summed E-state index contributed by atoms with van der Waals surface area (Å²) in [6.45, 7) is 6.44. The molecule has 0 aliphatic carbocycles. The van der Waals surface area contributed by atoms with E-state index < -0.39 is 0 Å². The molecule has 1 aromatic rings. The van der Waals surface area contributed by atoms with E-state index in [1.54, 1.807) is 0 Å². The number of nitrogens with one attached hydrogen (secondary N) is 1. The van der Waals surface area contributed by atoms with Crippen molar-refractivity contribution in [3.63, 3.8) is 0 Å². The highest BCUT2D eigenvalue weighted by atomic mass is 16.5. The second-order valence-corrected chi connectivity index (χ2v) is 5.40. The number of nitrogens with zero attached hydrogens (tertiary/aromatic N) is 3. The van der Waals surface area contributed by atoms with Crippen LogP contribution in [0.15, 0.2) is 4.52 Å². The quantitative estimate of drug-likeness (QED) is 0.839. The topological polar surface area (TPSA) is 54.2 Å². The SMILES string of the molecule is CC1(c2nc(N3CCCC3)no2)CCNCC1. The summed E-state index contributed by atoms with van der Waals surface area (Å²) in [6, 6.07) is 0. The fourth-order valence-electron chi connectivity index (χ4n) is 2.70. The zero-order valence-electron chi connectivity index (χ0n) is 10.4. The van der Waals surface area contributed by atoms with Crippen LogP contribution in [-0.2, 0) is 5.41 Å². The van der Waals surface area contributed by atoms with E-state index in [-0.39, 0.29) is 5.41 Å². The lowest BCUT2D eigenvalue weighted by atomic mass is 9.81. The zero-order chi connectivity index (χ0) is 11.7. The summed E-state index contributed by atoms with van der Waals surface area (Å²) in [5.74, 6) is 1.61. The molecule has 17 heavy (non-hydrogen) atoms. The van der Waals surface area contributed by atoms with Crippen LogP contribution in [0.1, 0.15) is 38.5 Å². The van der Waals surface area contributed by atoms with Gasteiger partial charge < -0.3 is 14.7 Å². The average molecular weight is 236 g/mol. The number of aromatic nitrogens is 2. The Morgan fingerprint density at radius 1 is 1.24 bits per heavy atom. The summed E-state index contributed by atoms with van der Waals surface area (Å²) in [5, 5.41) is 7.51. The van der Waals surface area contributed by atoms with Crippen molar-refractivity contribution in [2.75, 3.05) is 31.1 Å². The molecule has 2 saturated heterocycles. The molecule has 3 heterocycles. The molecule has 2 aliphatic heterocycles. The minimum absolute atomic E-state index is 0.0657. The van der Waals surface area contributed by atoms with Crippen LogP contribution in [0.4, 0.5) is 5.95 Å². The lowest BCUT2D eigenvalue weighted by Gasteiger charge is -2.30. The Morgan fingerprint density at radius 2 is 1.94 bits per heavy atom. The van der Waals surface area contributed by atoms with Crippen LogP contribution in [0.5, 0.6) is 0 Å². The average Bonchev–Trinajstić information content (AvgIpc) is 3.01. The highest BCUT2D eigenvalue weighted by Crippen LogP contribution is 2.32. The van der Waals surface area contributed by atoms with Gasteiger partial charge in [0.05, 0.1) is 0 Å². The van der Waals surface area contributed by atoms with E-state index in [9.17, 15) is 0 Å². The number of piperidine rings is 1. The van der Waals surface area contributed by atoms with Gasteiger partial charge in [-0.25, -0.2) is 0 Å². The van der Waals surface area contributed by atoms with Gasteiger partial charge in [0, 0.05) is 18.5 Å². The van der Waals surface area contributed by atoms with Gasteiger partial charge in [0.25, 0.3) is 5.95 Å². The maximum Gasteiger partial charge on any atom is 0.266 e. The zero-order valence-corrected chi connectivity index (χ0v) is 10.4. The lowest BCUT2D eigenvalue weighted by Crippen LogP contribution is -2.37. The molecule has 0 unspecified atom stereocenters. The van der Waals surface area contributed by atoms with Crippen molar-refractivity contribution < 1.29 is 4.52 Å². The first kappa shape index (κ1) is 11.0. The number of hydrogen-bond acceptors (Lipinski definition) is 5. The number of rotatable bonds is 2. The number of anilines is 1. The Morgan fingerprint density at radius 3 is 2.65 bits per heavy atom. The Balaban J connectivity index is 1.78. The van der Waals surface area contributed by atoms with E-state index in [2.05, 4.69) is 27.3 Å². The Hall–Kier alpha value is -1.10. The van der Waals surface area contributed by atoms with E-state index >= 15 is 0 Å². The lowest BCUT2D eigenvalue weighted by molar-refractivity contribution is 0.241. The second kappa shape index (κ2) is 4.29. The van der Waals surface area contributed by atoms with Gasteiger partial charge in [0.1, 0.15) is 0 Å². The maximum absolute atomic E-state index is 5.49. The van der Waals surface area contributed by atoms with Gasteiger partial charge in [-0.15, -0.1) is 0 Å². The maximum atomic E-state index is 5.49. The molecule has 0 bridgehead atoms. The van der Waals surface area contributed by atoms with Crippen molar-refractivity contribution in [1.29, 1.82) is 0 Å². The molecule has 0 saturated carbocycles. The summed E-state index contributed by atoms with van der Waals surface area (Å²) in [6.07, 6.45) is 4.64. The van der Waals surface area contributed by atoms with Gasteiger partial charge in [-0.05, 0) is 43.9 Å². The first-order valence-electron chi connectivity index (χ1n) is 6.58. The fraction of sp³-hybridized carbons (Fsp3) is 0.833. The molecule has 1 aromatic heterocycles. The third-order valence-electron chi connectivity index (χ3n) is 4.03. The molecule has 94 valence electrons. The summed E-state index contributed by atoms with van der Waals surface area (Å²) in [7, 11) is 0. The van der Waals surface area contributed by atoms with Crippen molar-refractivity contribution in [3.8, 4) is 0 Å². The van der Waals surface area contributed by atoms with E-state index in [0.29, 0.717) is 0 Å². The Labute approximate surface area is 102 Å². The van der Waals surface area contributed by atoms with Crippen LogP contribution in [-0.4, -0.2) is 36.3 Å². The minimum Gasteiger partial charge on any atom is -0.338 e. The molecule has 3 rings (SSSR count).